The molecule has 2 nitrogen and oxygen atoms in total. The number of hydrogen-bond acceptors (Lipinski definition) is 2. The van der Waals surface area contributed by atoms with Gasteiger partial charge in [0.2, 0.25) is 0 Å². The standard InChI is InChI=1S/C16H25ClO2/c1-16(2,3)10-9-14(17)13-7-5-6-8-15(13)19-12-11-18-4/h5-8,14H,9-12H2,1-4H3. The number of alkyl halides is 1. The molecular weight excluding hydrogens is 260 g/mol. The van der Waals surface area contributed by atoms with Gasteiger partial charge in [-0.25, -0.2) is 0 Å². The number of halogens is 1. The van der Waals surface area contributed by atoms with Crippen molar-refractivity contribution < 1.29 is 9.47 Å². The lowest BCUT2D eigenvalue weighted by Crippen LogP contribution is -2.08. The molecule has 1 unspecified atom stereocenters. The van der Waals surface area contributed by atoms with Gasteiger partial charge in [-0.1, -0.05) is 39.0 Å². The monoisotopic (exact) mass is 284 g/mol. The van der Waals surface area contributed by atoms with Crippen molar-refractivity contribution in [3.63, 3.8) is 0 Å². The maximum absolute atomic E-state index is 6.52. The van der Waals surface area contributed by atoms with Gasteiger partial charge in [-0.05, 0) is 24.3 Å². The van der Waals surface area contributed by atoms with Crippen LogP contribution < -0.4 is 4.74 Å². The molecule has 3 heteroatoms. The predicted molar refractivity (Wildman–Crippen MR) is 81.1 cm³/mol. The second-order valence-electron chi connectivity index (χ2n) is 5.95. The molecule has 108 valence electrons. The van der Waals surface area contributed by atoms with E-state index in [1.165, 1.54) is 0 Å². The van der Waals surface area contributed by atoms with Crippen LogP contribution in [0.3, 0.4) is 0 Å². The van der Waals surface area contributed by atoms with Crippen molar-refractivity contribution in [3.8, 4) is 5.75 Å². The summed E-state index contributed by atoms with van der Waals surface area (Å²) in [5.74, 6) is 0.869. The molecule has 0 aliphatic rings. The Morgan fingerprint density at radius 2 is 1.84 bits per heavy atom. The van der Waals surface area contributed by atoms with Crippen LogP contribution >= 0.6 is 11.6 Å². The number of hydrogen-bond donors (Lipinski definition) is 0. The Bertz CT molecular complexity index is 371. The van der Waals surface area contributed by atoms with Crippen molar-refractivity contribution in [1.29, 1.82) is 0 Å². The molecule has 1 aromatic carbocycles. The largest absolute Gasteiger partial charge is 0.491 e. The van der Waals surface area contributed by atoms with Gasteiger partial charge < -0.3 is 9.47 Å². The Hall–Kier alpha value is -0.730. The molecule has 1 aromatic rings. The summed E-state index contributed by atoms with van der Waals surface area (Å²) in [5, 5.41) is -0.00188. The van der Waals surface area contributed by atoms with E-state index >= 15 is 0 Å². The van der Waals surface area contributed by atoms with Crippen LogP contribution in [0.5, 0.6) is 5.75 Å². The third-order valence-corrected chi connectivity index (χ3v) is 3.40. The topological polar surface area (TPSA) is 18.5 Å². The Morgan fingerprint density at radius 3 is 2.47 bits per heavy atom. The lowest BCUT2D eigenvalue weighted by atomic mass is 9.89. The van der Waals surface area contributed by atoms with Gasteiger partial charge in [-0.2, -0.15) is 0 Å². The highest BCUT2D eigenvalue weighted by molar-refractivity contribution is 6.21. The van der Waals surface area contributed by atoms with Crippen LogP contribution in [0, 0.1) is 5.41 Å². The van der Waals surface area contributed by atoms with Crippen molar-refractivity contribution in [3.05, 3.63) is 29.8 Å². The minimum Gasteiger partial charge on any atom is -0.491 e. The van der Waals surface area contributed by atoms with Crippen LogP contribution in [0.4, 0.5) is 0 Å². The highest BCUT2D eigenvalue weighted by Crippen LogP contribution is 2.36. The molecule has 1 rings (SSSR count). The predicted octanol–water partition coefficient (Wildman–Crippen LogP) is 4.82. The quantitative estimate of drug-likeness (QED) is 0.528. The summed E-state index contributed by atoms with van der Waals surface area (Å²) in [6.45, 7) is 7.84. The first-order valence-corrected chi connectivity index (χ1v) is 7.22. The van der Waals surface area contributed by atoms with Gasteiger partial charge in [0.05, 0.1) is 12.0 Å². The lowest BCUT2D eigenvalue weighted by Gasteiger charge is -2.21. The van der Waals surface area contributed by atoms with Crippen molar-refractivity contribution in [2.45, 2.75) is 39.0 Å². The minimum absolute atomic E-state index is 0.00188. The highest BCUT2D eigenvalue weighted by Gasteiger charge is 2.17. The van der Waals surface area contributed by atoms with E-state index < -0.39 is 0 Å². The molecule has 0 saturated heterocycles. The molecule has 0 radical (unpaired) electrons. The average Bonchev–Trinajstić information content (AvgIpc) is 2.36. The van der Waals surface area contributed by atoms with Crippen LogP contribution in [0.2, 0.25) is 0 Å². The summed E-state index contributed by atoms with van der Waals surface area (Å²) >= 11 is 6.52. The fourth-order valence-electron chi connectivity index (χ4n) is 1.82. The van der Waals surface area contributed by atoms with E-state index in [9.17, 15) is 0 Å². The number of methoxy groups -OCH3 is 1. The summed E-state index contributed by atoms with van der Waals surface area (Å²) < 4.78 is 10.7. The minimum atomic E-state index is -0.00188. The first-order chi connectivity index (χ1) is 8.94. The van der Waals surface area contributed by atoms with Crippen LogP contribution in [0.15, 0.2) is 24.3 Å². The van der Waals surface area contributed by atoms with Gasteiger partial charge in [0.1, 0.15) is 12.4 Å². The van der Waals surface area contributed by atoms with Gasteiger partial charge in [0.25, 0.3) is 0 Å². The molecule has 0 saturated carbocycles. The normalized spacial score (nSPS) is 13.3. The van der Waals surface area contributed by atoms with E-state index in [0.717, 1.165) is 24.2 Å². The van der Waals surface area contributed by atoms with E-state index in [4.69, 9.17) is 21.1 Å². The molecule has 0 spiro atoms. The van der Waals surface area contributed by atoms with Crippen LogP contribution in [0.1, 0.15) is 44.6 Å². The first kappa shape index (κ1) is 16.3. The van der Waals surface area contributed by atoms with Gasteiger partial charge in [-0.15, -0.1) is 11.6 Å². The highest BCUT2D eigenvalue weighted by atomic mass is 35.5. The molecule has 0 heterocycles. The summed E-state index contributed by atoms with van der Waals surface area (Å²) in [6, 6.07) is 7.99. The SMILES string of the molecule is COCCOc1ccccc1C(Cl)CCC(C)(C)C. The van der Waals surface area contributed by atoms with Crippen molar-refractivity contribution in [1.82, 2.24) is 0 Å². The van der Waals surface area contributed by atoms with Gasteiger partial charge in [0.15, 0.2) is 0 Å². The van der Waals surface area contributed by atoms with Crippen LogP contribution in [0.25, 0.3) is 0 Å². The zero-order chi connectivity index (χ0) is 14.3. The number of benzene rings is 1. The summed E-state index contributed by atoms with van der Waals surface area (Å²) in [4.78, 5) is 0. The third-order valence-electron chi connectivity index (χ3n) is 2.95. The molecule has 0 amide bonds. The second kappa shape index (κ2) is 7.76. The van der Waals surface area contributed by atoms with E-state index in [1.807, 2.05) is 24.3 Å². The average molecular weight is 285 g/mol. The molecule has 0 bridgehead atoms. The summed E-state index contributed by atoms with van der Waals surface area (Å²) in [7, 11) is 1.67. The number of para-hydroxylation sites is 1. The zero-order valence-electron chi connectivity index (χ0n) is 12.4. The molecular formula is C16H25ClO2. The van der Waals surface area contributed by atoms with E-state index in [1.54, 1.807) is 7.11 Å². The number of rotatable bonds is 7. The maximum Gasteiger partial charge on any atom is 0.124 e. The molecule has 0 aliphatic carbocycles. The van der Waals surface area contributed by atoms with Gasteiger partial charge in [-0.3, -0.25) is 0 Å². The van der Waals surface area contributed by atoms with Crippen LogP contribution in [-0.2, 0) is 4.74 Å². The Balaban J connectivity index is 2.64. The summed E-state index contributed by atoms with van der Waals surface area (Å²) in [5.41, 5.74) is 1.38. The van der Waals surface area contributed by atoms with Crippen molar-refractivity contribution >= 4 is 11.6 Å². The first-order valence-electron chi connectivity index (χ1n) is 6.79. The molecule has 0 N–H and O–H groups in total. The van der Waals surface area contributed by atoms with Crippen molar-refractivity contribution in [2.24, 2.45) is 5.41 Å². The fourth-order valence-corrected chi connectivity index (χ4v) is 2.11. The maximum atomic E-state index is 6.52. The molecule has 0 aliphatic heterocycles. The van der Waals surface area contributed by atoms with Gasteiger partial charge in [0, 0.05) is 12.7 Å². The fraction of sp³-hybridized carbons (Fsp3) is 0.625. The Labute approximate surface area is 122 Å². The summed E-state index contributed by atoms with van der Waals surface area (Å²) in [6.07, 6.45) is 2.04. The van der Waals surface area contributed by atoms with Crippen molar-refractivity contribution in [2.75, 3.05) is 20.3 Å². The molecule has 19 heavy (non-hydrogen) atoms. The number of ether oxygens (including phenoxy) is 2. The molecule has 0 aromatic heterocycles. The smallest absolute Gasteiger partial charge is 0.124 e. The Morgan fingerprint density at radius 1 is 1.16 bits per heavy atom. The van der Waals surface area contributed by atoms with E-state index in [2.05, 4.69) is 20.8 Å². The van der Waals surface area contributed by atoms with E-state index in [0.29, 0.717) is 18.6 Å². The third kappa shape index (κ3) is 6.31. The molecule has 1 atom stereocenters. The van der Waals surface area contributed by atoms with Gasteiger partial charge >= 0.3 is 0 Å². The Kier molecular flexibility index (Phi) is 6.67. The van der Waals surface area contributed by atoms with E-state index in [-0.39, 0.29) is 5.38 Å². The lowest BCUT2D eigenvalue weighted by molar-refractivity contribution is 0.145. The molecule has 0 fully saturated rings. The zero-order valence-corrected chi connectivity index (χ0v) is 13.2. The van der Waals surface area contributed by atoms with Crippen LogP contribution in [-0.4, -0.2) is 20.3 Å². The second-order valence-corrected chi connectivity index (χ2v) is 6.47.